The van der Waals surface area contributed by atoms with Gasteiger partial charge >= 0.3 is 17.9 Å². The van der Waals surface area contributed by atoms with Crippen molar-refractivity contribution in [3.8, 4) is 0 Å². The van der Waals surface area contributed by atoms with Crippen molar-refractivity contribution in [2.45, 2.75) is 316 Å². The Morgan fingerprint density at radius 2 is 0.500 bits per heavy atom. The maximum absolute atomic E-state index is 12.9. The Morgan fingerprint density at radius 3 is 0.782 bits per heavy atom. The van der Waals surface area contributed by atoms with Crippen LogP contribution in [0.5, 0.6) is 0 Å². The van der Waals surface area contributed by atoms with Gasteiger partial charge in [0.25, 0.3) is 0 Å². The summed E-state index contributed by atoms with van der Waals surface area (Å²) in [7, 11) is 0. The molecule has 0 rings (SSSR count). The first kappa shape index (κ1) is 74.1. The van der Waals surface area contributed by atoms with E-state index in [1.165, 1.54) is 148 Å². The van der Waals surface area contributed by atoms with E-state index in [4.69, 9.17) is 14.2 Å². The molecule has 0 bridgehead atoms. The van der Waals surface area contributed by atoms with Gasteiger partial charge in [0.2, 0.25) is 0 Å². The van der Waals surface area contributed by atoms with E-state index in [-0.39, 0.29) is 31.1 Å². The minimum atomic E-state index is -0.783. The Bertz CT molecular complexity index is 1570. The zero-order valence-electron chi connectivity index (χ0n) is 51.2. The van der Waals surface area contributed by atoms with Gasteiger partial charge in [-0.1, -0.05) is 297 Å². The van der Waals surface area contributed by atoms with E-state index >= 15 is 0 Å². The SMILES string of the molecule is CC/C=C\C/C=C\C/C=C\C/C=C\C/C=C\CCCCCCCCCC(=O)OC(COC(=O)CCCCCCCCCC)COC(=O)CCCCCCCCCCCCCCCCCC/C=C\C/C=C\C/C=C\C/C=C\CC. The molecular formula is C72H122O6. The topological polar surface area (TPSA) is 78.9 Å². The second kappa shape index (κ2) is 65.6. The number of esters is 3. The summed E-state index contributed by atoms with van der Waals surface area (Å²) in [6.45, 7) is 6.40. The largest absolute Gasteiger partial charge is 0.462 e. The summed E-state index contributed by atoms with van der Waals surface area (Å²) in [6, 6.07) is 0. The summed E-state index contributed by atoms with van der Waals surface area (Å²) >= 11 is 0. The van der Waals surface area contributed by atoms with Gasteiger partial charge in [-0.3, -0.25) is 14.4 Å². The van der Waals surface area contributed by atoms with E-state index in [9.17, 15) is 14.4 Å². The van der Waals surface area contributed by atoms with E-state index in [0.29, 0.717) is 19.3 Å². The normalized spacial score (nSPS) is 12.8. The van der Waals surface area contributed by atoms with Crippen LogP contribution < -0.4 is 0 Å². The van der Waals surface area contributed by atoms with Crippen LogP contribution in [0.2, 0.25) is 0 Å². The van der Waals surface area contributed by atoms with Crippen LogP contribution in [0, 0.1) is 0 Å². The van der Waals surface area contributed by atoms with Crippen LogP contribution in [0.25, 0.3) is 0 Å². The van der Waals surface area contributed by atoms with Crippen molar-refractivity contribution in [3.05, 3.63) is 109 Å². The third kappa shape index (κ3) is 62.9. The van der Waals surface area contributed by atoms with E-state index in [2.05, 4.69) is 130 Å². The molecule has 0 heterocycles. The lowest BCUT2D eigenvalue weighted by molar-refractivity contribution is -0.167. The molecule has 0 saturated carbocycles. The number of allylic oxidation sites excluding steroid dienone is 18. The monoisotopic (exact) mass is 1080 g/mol. The highest BCUT2D eigenvalue weighted by atomic mass is 16.6. The van der Waals surface area contributed by atoms with Crippen molar-refractivity contribution in [2.75, 3.05) is 13.2 Å². The Hall–Kier alpha value is -3.93. The van der Waals surface area contributed by atoms with Gasteiger partial charge in [0, 0.05) is 19.3 Å². The Morgan fingerprint density at radius 1 is 0.269 bits per heavy atom. The van der Waals surface area contributed by atoms with Crippen LogP contribution in [0.15, 0.2) is 109 Å². The van der Waals surface area contributed by atoms with E-state index in [1.807, 2.05) is 0 Å². The summed E-state index contributed by atoms with van der Waals surface area (Å²) in [5, 5.41) is 0. The molecule has 0 aliphatic carbocycles. The fourth-order valence-electron chi connectivity index (χ4n) is 9.17. The second-order valence-corrected chi connectivity index (χ2v) is 21.6. The number of carbonyl (C=O) groups excluding carboxylic acids is 3. The third-order valence-electron chi connectivity index (χ3n) is 14.0. The van der Waals surface area contributed by atoms with Crippen LogP contribution in [0.4, 0.5) is 0 Å². The fourth-order valence-corrected chi connectivity index (χ4v) is 9.17. The van der Waals surface area contributed by atoms with Gasteiger partial charge in [0.1, 0.15) is 13.2 Å². The van der Waals surface area contributed by atoms with Crippen molar-refractivity contribution in [1.82, 2.24) is 0 Å². The summed E-state index contributed by atoms with van der Waals surface area (Å²) in [4.78, 5) is 38.2. The Labute approximate surface area is 482 Å². The minimum absolute atomic E-state index is 0.0803. The first-order valence-corrected chi connectivity index (χ1v) is 32.9. The van der Waals surface area contributed by atoms with Gasteiger partial charge in [0.05, 0.1) is 0 Å². The summed E-state index contributed by atoms with van der Waals surface area (Å²) in [5.74, 6) is -0.886. The number of ether oxygens (including phenoxy) is 3. The molecule has 0 radical (unpaired) electrons. The molecule has 1 atom stereocenters. The van der Waals surface area contributed by atoms with Gasteiger partial charge < -0.3 is 14.2 Å². The van der Waals surface area contributed by atoms with Gasteiger partial charge in [-0.15, -0.1) is 0 Å². The minimum Gasteiger partial charge on any atom is -0.462 e. The number of carbonyl (C=O) groups is 3. The van der Waals surface area contributed by atoms with Gasteiger partial charge in [-0.2, -0.15) is 0 Å². The van der Waals surface area contributed by atoms with Crippen LogP contribution >= 0.6 is 0 Å². The van der Waals surface area contributed by atoms with Crippen molar-refractivity contribution in [1.29, 1.82) is 0 Å². The molecule has 0 fully saturated rings. The number of rotatable bonds is 59. The van der Waals surface area contributed by atoms with Gasteiger partial charge in [-0.25, -0.2) is 0 Å². The average Bonchev–Trinajstić information content (AvgIpc) is 3.44. The van der Waals surface area contributed by atoms with Gasteiger partial charge in [-0.05, 0) is 103 Å². The van der Waals surface area contributed by atoms with Crippen molar-refractivity contribution in [2.24, 2.45) is 0 Å². The average molecular weight is 1080 g/mol. The maximum Gasteiger partial charge on any atom is 0.306 e. The Balaban J connectivity index is 4.15. The quantitative estimate of drug-likeness (QED) is 0.0261. The molecule has 446 valence electrons. The molecule has 0 spiro atoms. The molecule has 78 heavy (non-hydrogen) atoms. The maximum atomic E-state index is 12.9. The van der Waals surface area contributed by atoms with Crippen molar-refractivity contribution >= 4 is 17.9 Å². The third-order valence-corrected chi connectivity index (χ3v) is 14.0. The van der Waals surface area contributed by atoms with Crippen LogP contribution in [-0.2, 0) is 28.6 Å². The highest BCUT2D eigenvalue weighted by molar-refractivity contribution is 5.71. The second-order valence-electron chi connectivity index (χ2n) is 21.6. The number of hydrogen-bond acceptors (Lipinski definition) is 6. The first-order valence-electron chi connectivity index (χ1n) is 32.9. The molecular weight excluding hydrogens is 961 g/mol. The summed E-state index contributed by atoms with van der Waals surface area (Å²) in [5.41, 5.74) is 0. The number of hydrogen-bond donors (Lipinski definition) is 0. The smallest absolute Gasteiger partial charge is 0.306 e. The highest BCUT2D eigenvalue weighted by Gasteiger charge is 2.19. The highest BCUT2D eigenvalue weighted by Crippen LogP contribution is 2.17. The lowest BCUT2D eigenvalue weighted by Crippen LogP contribution is -2.30. The molecule has 0 saturated heterocycles. The number of unbranched alkanes of at least 4 members (excludes halogenated alkanes) is 30. The van der Waals surface area contributed by atoms with Crippen molar-refractivity contribution < 1.29 is 28.6 Å². The predicted octanol–water partition coefficient (Wildman–Crippen LogP) is 22.6. The van der Waals surface area contributed by atoms with Crippen LogP contribution in [-0.4, -0.2) is 37.2 Å². The molecule has 1 unspecified atom stereocenters. The molecule has 0 aliphatic heterocycles. The Kier molecular flexibility index (Phi) is 62.3. The summed E-state index contributed by atoms with van der Waals surface area (Å²) in [6.07, 6.45) is 89.8. The zero-order chi connectivity index (χ0) is 56.4. The molecule has 6 heteroatoms. The van der Waals surface area contributed by atoms with E-state index < -0.39 is 6.10 Å². The van der Waals surface area contributed by atoms with E-state index in [1.54, 1.807) is 0 Å². The van der Waals surface area contributed by atoms with Crippen molar-refractivity contribution in [3.63, 3.8) is 0 Å². The molecule has 0 aromatic heterocycles. The standard InChI is InChI=1S/C72H122O6/c1-4-7-10-13-16-19-21-23-25-27-29-31-33-34-35-36-37-38-40-41-43-45-47-49-51-53-56-59-62-65-71(74)77-68-69(67-76-70(73)64-61-58-55-18-15-12-9-6-3)78-72(75)66-63-60-57-54-52-50-48-46-44-42-39-32-30-28-26-24-22-20-17-14-11-8-5-2/h7-8,10-11,16-17,19-20,23-26,29-32,42,44,69H,4-6,9,12-15,18,21-22,27-28,33-41,43,45-68H2,1-3H3/b10-7-,11-8-,19-16-,20-17-,25-23-,26-24-,31-29-,32-30-,44-42-. The molecule has 0 aliphatic rings. The zero-order valence-corrected chi connectivity index (χ0v) is 51.2. The molecule has 6 nitrogen and oxygen atoms in total. The predicted molar refractivity (Wildman–Crippen MR) is 339 cm³/mol. The molecule has 0 aromatic rings. The van der Waals surface area contributed by atoms with Crippen LogP contribution in [0.3, 0.4) is 0 Å². The van der Waals surface area contributed by atoms with Crippen LogP contribution in [0.1, 0.15) is 310 Å². The van der Waals surface area contributed by atoms with E-state index in [0.717, 1.165) is 122 Å². The molecule has 0 amide bonds. The lowest BCUT2D eigenvalue weighted by Gasteiger charge is -2.18. The first-order chi connectivity index (χ1) is 38.5. The lowest BCUT2D eigenvalue weighted by atomic mass is 10.0. The summed E-state index contributed by atoms with van der Waals surface area (Å²) < 4.78 is 16.9. The fraction of sp³-hybridized carbons (Fsp3) is 0.708. The molecule has 0 aromatic carbocycles. The molecule has 0 N–H and O–H groups in total. The van der Waals surface area contributed by atoms with Gasteiger partial charge in [0.15, 0.2) is 6.10 Å².